The molecule has 6 heteroatoms. The van der Waals surface area contributed by atoms with Gasteiger partial charge in [-0.05, 0) is 17.7 Å². The normalized spacial score (nSPS) is 10.0. The average Bonchev–Trinajstić information content (AvgIpc) is 2.39. The van der Waals surface area contributed by atoms with Crippen LogP contribution < -0.4 is 0 Å². The average molecular weight is 244 g/mol. The van der Waals surface area contributed by atoms with Crippen molar-refractivity contribution in [2.75, 3.05) is 0 Å². The van der Waals surface area contributed by atoms with Gasteiger partial charge in [0.15, 0.2) is 0 Å². The van der Waals surface area contributed by atoms with Gasteiger partial charge in [0.1, 0.15) is 0 Å². The van der Waals surface area contributed by atoms with Crippen LogP contribution in [0.2, 0.25) is 0 Å². The minimum absolute atomic E-state index is 0.182. The Kier molecular flexibility index (Phi) is 3.01. The van der Waals surface area contributed by atoms with Crippen molar-refractivity contribution < 1.29 is 19.8 Å². The highest BCUT2D eigenvalue weighted by Gasteiger charge is 2.07. The quantitative estimate of drug-likeness (QED) is 0.849. The lowest BCUT2D eigenvalue weighted by Crippen LogP contribution is -2.03. The molecule has 0 saturated carbocycles. The highest BCUT2D eigenvalue weighted by atomic mass is 16.4. The number of aromatic nitrogens is 2. The van der Waals surface area contributed by atoms with Gasteiger partial charge in [0.2, 0.25) is 5.82 Å². The molecule has 90 valence electrons. The zero-order chi connectivity index (χ0) is 13.1. The van der Waals surface area contributed by atoms with Gasteiger partial charge in [0.25, 0.3) is 0 Å². The molecule has 0 aliphatic rings. The van der Waals surface area contributed by atoms with E-state index < -0.39 is 11.9 Å². The second kappa shape index (κ2) is 4.62. The molecule has 0 fully saturated rings. The summed E-state index contributed by atoms with van der Waals surface area (Å²) in [4.78, 5) is 28.6. The molecule has 0 bridgehead atoms. The van der Waals surface area contributed by atoms with Crippen LogP contribution in [0, 0.1) is 0 Å². The molecule has 0 atom stereocenters. The summed E-state index contributed by atoms with van der Waals surface area (Å²) in [5.41, 5.74) is 1.52. The minimum atomic E-state index is -1.19. The van der Waals surface area contributed by atoms with Crippen molar-refractivity contribution in [2.45, 2.75) is 0 Å². The van der Waals surface area contributed by atoms with Crippen molar-refractivity contribution in [1.29, 1.82) is 0 Å². The zero-order valence-electron chi connectivity index (χ0n) is 9.07. The summed E-state index contributed by atoms with van der Waals surface area (Å²) in [6, 6.07) is 6.15. The fourth-order valence-electron chi connectivity index (χ4n) is 1.39. The molecule has 1 aromatic carbocycles. The maximum absolute atomic E-state index is 10.7. The maximum atomic E-state index is 10.7. The Morgan fingerprint density at radius 3 is 1.83 bits per heavy atom. The number of rotatable bonds is 3. The molecular formula is C12H8N2O4. The lowest BCUT2D eigenvalue weighted by atomic mass is 10.1. The number of hydrogen-bond donors (Lipinski definition) is 2. The molecule has 0 aliphatic heterocycles. The van der Waals surface area contributed by atoms with Gasteiger partial charge in [-0.1, -0.05) is 12.1 Å². The summed E-state index contributed by atoms with van der Waals surface area (Å²) >= 11 is 0. The van der Waals surface area contributed by atoms with Crippen molar-refractivity contribution in [2.24, 2.45) is 0 Å². The van der Waals surface area contributed by atoms with Gasteiger partial charge in [0, 0.05) is 18.0 Å². The first-order valence-corrected chi connectivity index (χ1v) is 4.97. The van der Waals surface area contributed by atoms with Crippen LogP contribution >= 0.6 is 0 Å². The number of carboxylic acids is 2. The molecule has 0 unspecified atom stereocenters. The van der Waals surface area contributed by atoms with Gasteiger partial charge < -0.3 is 10.2 Å². The summed E-state index contributed by atoms with van der Waals surface area (Å²) in [6.45, 7) is 0. The van der Waals surface area contributed by atoms with Gasteiger partial charge in [0.05, 0.1) is 5.56 Å². The predicted octanol–water partition coefficient (Wildman–Crippen LogP) is 1.54. The van der Waals surface area contributed by atoms with E-state index in [4.69, 9.17) is 10.2 Å². The Hall–Kier alpha value is -2.76. The molecule has 18 heavy (non-hydrogen) atoms. The smallest absolute Gasteiger partial charge is 0.373 e. The van der Waals surface area contributed by atoms with Crippen molar-refractivity contribution in [3.05, 3.63) is 48.0 Å². The number of aromatic carboxylic acids is 2. The molecule has 1 heterocycles. The fourth-order valence-corrected chi connectivity index (χ4v) is 1.39. The fraction of sp³-hybridized carbons (Fsp3) is 0. The van der Waals surface area contributed by atoms with Gasteiger partial charge in [-0.3, -0.25) is 0 Å². The number of carbonyl (C=O) groups is 2. The first kappa shape index (κ1) is 11.7. The van der Waals surface area contributed by atoms with Gasteiger partial charge in [-0.25, -0.2) is 19.6 Å². The standard InChI is InChI=1S/C12H8N2O4/c15-11(16)8-3-1-7(2-4-8)9-5-13-10(12(17)18)14-6-9/h1-6H,(H,15,16)(H,17,18). The minimum Gasteiger partial charge on any atom is -0.478 e. The largest absolute Gasteiger partial charge is 0.478 e. The third kappa shape index (κ3) is 2.32. The van der Waals surface area contributed by atoms with Crippen molar-refractivity contribution in [3.8, 4) is 11.1 Å². The van der Waals surface area contributed by atoms with Crippen LogP contribution in [0.1, 0.15) is 21.0 Å². The third-order valence-corrected chi connectivity index (χ3v) is 2.31. The first-order chi connectivity index (χ1) is 8.58. The third-order valence-electron chi connectivity index (χ3n) is 2.31. The second-order valence-electron chi connectivity index (χ2n) is 3.48. The van der Waals surface area contributed by atoms with E-state index in [0.717, 1.165) is 5.56 Å². The predicted molar refractivity (Wildman–Crippen MR) is 61.4 cm³/mol. The molecule has 1 aromatic heterocycles. The molecule has 0 spiro atoms. The van der Waals surface area contributed by atoms with Gasteiger partial charge in [-0.15, -0.1) is 0 Å². The van der Waals surface area contributed by atoms with E-state index in [9.17, 15) is 9.59 Å². The molecule has 2 aromatic rings. The van der Waals surface area contributed by atoms with Crippen LogP contribution in [0.3, 0.4) is 0 Å². The maximum Gasteiger partial charge on any atom is 0.373 e. The van der Waals surface area contributed by atoms with E-state index in [1.165, 1.54) is 24.5 Å². The molecule has 0 amide bonds. The Balaban J connectivity index is 2.31. The summed E-state index contributed by atoms with van der Waals surface area (Å²) in [6.07, 6.45) is 2.76. The van der Waals surface area contributed by atoms with E-state index in [0.29, 0.717) is 5.56 Å². The SMILES string of the molecule is O=C(O)c1ccc(-c2cnc(C(=O)O)nc2)cc1. The van der Waals surface area contributed by atoms with Crippen molar-refractivity contribution in [1.82, 2.24) is 9.97 Å². The summed E-state index contributed by atoms with van der Waals surface area (Å²) in [5, 5.41) is 17.4. The highest BCUT2D eigenvalue weighted by molar-refractivity contribution is 5.88. The Morgan fingerprint density at radius 1 is 0.833 bits per heavy atom. The Labute approximate surface area is 102 Å². The van der Waals surface area contributed by atoms with E-state index in [1.54, 1.807) is 12.1 Å². The Bertz CT molecular complexity index is 535. The lowest BCUT2D eigenvalue weighted by molar-refractivity contribution is 0.0677. The van der Waals surface area contributed by atoms with Crippen LogP contribution in [-0.4, -0.2) is 32.1 Å². The topological polar surface area (TPSA) is 100 Å². The molecule has 2 N–H and O–H groups in total. The van der Waals surface area contributed by atoms with Gasteiger partial charge in [-0.2, -0.15) is 0 Å². The van der Waals surface area contributed by atoms with Crippen LogP contribution in [0.4, 0.5) is 0 Å². The monoisotopic (exact) mass is 244 g/mol. The van der Waals surface area contributed by atoms with E-state index in [2.05, 4.69) is 9.97 Å². The first-order valence-electron chi connectivity index (χ1n) is 4.97. The zero-order valence-corrected chi connectivity index (χ0v) is 9.07. The summed E-state index contributed by atoms with van der Waals surface area (Å²) < 4.78 is 0. The number of hydrogen-bond acceptors (Lipinski definition) is 4. The van der Waals surface area contributed by atoms with Crippen molar-refractivity contribution in [3.63, 3.8) is 0 Å². The molecule has 0 radical (unpaired) electrons. The van der Waals surface area contributed by atoms with Crippen LogP contribution in [0.25, 0.3) is 11.1 Å². The van der Waals surface area contributed by atoms with E-state index >= 15 is 0 Å². The Morgan fingerprint density at radius 2 is 1.39 bits per heavy atom. The van der Waals surface area contributed by atoms with Crippen LogP contribution in [0.5, 0.6) is 0 Å². The molecule has 0 aliphatic carbocycles. The number of benzene rings is 1. The van der Waals surface area contributed by atoms with E-state index in [1.807, 2.05) is 0 Å². The molecular weight excluding hydrogens is 236 g/mol. The van der Waals surface area contributed by atoms with Crippen LogP contribution in [0.15, 0.2) is 36.7 Å². The van der Waals surface area contributed by atoms with Crippen LogP contribution in [-0.2, 0) is 0 Å². The highest BCUT2D eigenvalue weighted by Crippen LogP contribution is 2.18. The lowest BCUT2D eigenvalue weighted by Gasteiger charge is -2.01. The molecule has 6 nitrogen and oxygen atoms in total. The van der Waals surface area contributed by atoms with Crippen molar-refractivity contribution >= 4 is 11.9 Å². The summed E-state index contributed by atoms with van der Waals surface area (Å²) in [7, 11) is 0. The van der Waals surface area contributed by atoms with E-state index in [-0.39, 0.29) is 11.4 Å². The summed E-state index contributed by atoms with van der Waals surface area (Å²) in [5.74, 6) is -2.47. The molecule has 0 saturated heterocycles. The number of nitrogens with zero attached hydrogens (tertiary/aromatic N) is 2. The molecule has 2 rings (SSSR count). The second-order valence-corrected chi connectivity index (χ2v) is 3.48. The number of carboxylic acid groups (broad SMARTS) is 2. The van der Waals surface area contributed by atoms with Gasteiger partial charge >= 0.3 is 11.9 Å².